The number of hydrogen-bond donors (Lipinski definition) is 1. The maximum Gasteiger partial charge on any atom is 0.354 e. The first-order chi connectivity index (χ1) is 9.69. The normalized spacial score (nSPS) is 10.6. The molecule has 0 aliphatic carbocycles. The molecule has 5 nitrogen and oxygen atoms in total. The summed E-state index contributed by atoms with van der Waals surface area (Å²) in [5, 5.41) is 9.82. The van der Waals surface area contributed by atoms with Gasteiger partial charge in [0.1, 0.15) is 11.5 Å². The molecular formula is C15H9NO4. The van der Waals surface area contributed by atoms with E-state index in [9.17, 15) is 9.59 Å². The highest BCUT2D eigenvalue weighted by Crippen LogP contribution is 2.28. The zero-order valence-corrected chi connectivity index (χ0v) is 10.2. The molecule has 0 aliphatic rings. The van der Waals surface area contributed by atoms with Gasteiger partial charge in [-0.1, -0.05) is 18.2 Å². The molecule has 0 atom stereocenters. The minimum atomic E-state index is -1.09. The third-order valence-electron chi connectivity index (χ3n) is 2.95. The molecule has 1 aromatic carbocycles. The number of aromatic nitrogens is 1. The number of aromatic carboxylic acids is 1. The Bertz CT molecular complexity index is 820. The van der Waals surface area contributed by atoms with Gasteiger partial charge in [0.2, 0.25) is 0 Å². The standard InChI is InChI=1S/C15H9NO4/c17-8-10-5-7-13(20-10)11-3-1-2-9-4-6-12(15(18)19)16-14(9)11/h1-8H,(H,18,19). The number of rotatable bonds is 3. The Morgan fingerprint density at radius 2 is 2.00 bits per heavy atom. The van der Waals surface area contributed by atoms with Crippen LogP contribution in [0.25, 0.3) is 22.2 Å². The molecule has 3 rings (SSSR count). The zero-order valence-electron chi connectivity index (χ0n) is 10.2. The Morgan fingerprint density at radius 1 is 1.15 bits per heavy atom. The van der Waals surface area contributed by atoms with Crippen molar-refractivity contribution in [3.63, 3.8) is 0 Å². The first kappa shape index (κ1) is 12.1. The average molecular weight is 267 g/mol. The summed E-state index contributed by atoms with van der Waals surface area (Å²) in [7, 11) is 0. The molecule has 98 valence electrons. The molecule has 2 heterocycles. The molecule has 5 heteroatoms. The number of hydrogen-bond acceptors (Lipinski definition) is 4. The van der Waals surface area contributed by atoms with Gasteiger partial charge in [0.15, 0.2) is 12.0 Å². The summed E-state index contributed by atoms with van der Waals surface area (Å²) in [4.78, 5) is 25.8. The van der Waals surface area contributed by atoms with Gasteiger partial charge in [-0.15, -0.1) is 0 Å². The second kappa shape index (κ2) is 4.62. The van der Waals surface area contributed by atoms with E-state index < -0.39 is 5.97 Å². The van der Waals surface area contributed by atoms with Crippen molar-refractivity contribution in [3.8, 4) is 11.3 Å². The van der Waals surface area contributed by atoms with E-state index in [0.717, 1.165) is 5.39 Å². The van der Waals surface area contributed by atoms with E-state index in [2.05, 4.69) is 4.98 Å². The molecule has 0 unspecified atom stereocenters. The summed E-state index contributed by atoms with van der Waals surface area (Å²) in [5.74, 6) is -0.395. The van der Waals surface area contributed by atoms with Crippen molar-refractivity contribution in [1.82, 2.24) is 4.98 Å². The molecule has 0 radical (unpaired) electrons. The molecule has 20 heavy (non-hydrogen) atoms. The van der Waals surface area contributed by atoms with Crippen molar-refractivity contribution < 1.29 is 19.1 Å². The van der Waals surface area contributed by atoms with E-state index in [1.807, 2.05) is 12.1 Å². The van der Waals surface area contributed by atoms with Crippen LogP contribution in [0.3, 0.4) is 0 Å². The highest BCUT2D eigenvalue weighted by atomic mass is 16.4. The van der Waals surface area contributed by atoms with Gasteiger partial charge in [-0.3, -0.25) is 4.79 Å². The lowest BCUT2D eigenvalue weighted by Crippen LogP contribution is -2.00. The van der Waals surface area contributed by atoms with E-state index >= 15 is 0 Å². The van der Waals surface area contributed by atoms with Crippen LogP contribution in [-0.2, 0) is 0 Å². The smallest absolute Gasteiger partial charge is 0.354 e. The zero-order chi connectivity index (χ0) is 14.1. The fourth-order valence-electron chi connectivity index (χ4n) is 2.03. The topological polar surface area (TPSA) is 80.4 Å². The van der Waals surface area contributed by atoms with Gasteiger partial charge in [0, 0.05) is 10.9 Å². The fraction of sp³-hybridized carbons (Fsp3) is 0. The molecule has 0 amide bonds. The Kier molecular flexibility index (Phi) is 2.80. The predicted molar refractivity (Wildman–Crippen MR) is 71.8 cm³/mol. The van der Waals surface area contributed by atoms with Crippen LogP contribution in [0.1, 0.15) is 21.0 Å². The maximum atomic E-state index is 11.0. The Morgan fingerprint density at radius 3 is 2.70 bits per heavy atom. The minimum absolute atomic E-state index is 0.0351. The average Bonchev–Trinajstić information content (AvgIpc) is 2.94. The van der Waals surface area contributed by atoms with E-state index in [1.165, 1.54) is 6.07 Å². The number of aldehydes is 1. The summed E-state index contributed by atoms with van der Waals surface area (Å²) >= 11 is 0. The van der Waals surface area contributed by atoms with Crippen molar-refractivity contribution in [2.75, 3.05) is 0 Å². The second-order valence-corrected chi connectivity index (χ2v) is 4.20. The summed E-state index contributed by atoms with van der Waals surface area (Å²) in [6.07, 6.45) is 0.616. The molecule has 0 spiro atoms. The number of nitrogens with zero attached hydrogens (tertiary/aromatic N) is 1. The Hall–Kier alpha value is -2.95. The van der Waals surface area contributed by atoms with E-state index in [1.54, 1.807) is 24.3 Å². The Labute approximate surface area is 113 Å². The maximum absolute atomic E-state index is 11.0. The van der Waals surface area contributed by atoms with Gasteiger partial charge in [0.25, 0.3) is 0 Å². The van der Waals surface area contributed by atoms with Crippen LogP contribution >= 0.6 is 0 Å². The van der Waals surface area contributed by atoms with Crippen molar-refractivity contribution in [1.29, 1.82) is 0 Å². The lowest BCUT2D eigenvalue weighted by Gasteiger charge is -2.04. The lowest BCUT2D eigenvalue weighted by molar-refractivity contribution is 0.0691. The van der Waals surface area contributed by atoms with Crippen molar-refractivity contribution in [2.45, 2.75) is 0 Å². The number of carbonyl (C=O) groups excluding carboxylic acids is 1. The summed E-state index contributed by atoms with van der Waals surface area (Å²) in [6.45, 7) is 0. The van der Waals surface area contributed by atoms with Crippen LogP contribution in [0.15, 0.2) is 46.9 Å². The predicted octanol–water partition coefficient (Wildman–Crippen LogP) is 3.01. The van der Waals surface area contributed by atoms with E-state index in [4.69, 9.17) is 9.52 Å². The number of fused-ring (bicyclic) bond motifs is 1. The largest absolute Gasteiger partial charge is 0.477 e. The Balaban J connectivity index is 2.26. The van der Waals surface area contributed by atoms with Gasteiger partial charge in [-0.25, -0.2) is 9.78 Å². The summed E-state index contributed by atoms with van der Waals surface area (Å²) in [5.41, 5.74) is 1.14. The third-order valence-corrected chi connectivity index (χ3v) is 2.95. The molecule has 0 saturated carbocycles. The van der Waals surface area contributed by atoms with Crippen LogP contribution in [0.2, 0.25) is 0 Å². The first-order valence-electron chi connectivity index (χ1n) is 5.87. The van der Waals surface area contributed by atoms with E-state index in [0.29, 0.717) is 23.1 Å². The number of pyridine rings is 1. The molecule has 0 fully saturated rings. The van der Waals surface area contributed by atoms with Crippen LogP contribution in [0.4, 0.5) is 0 Å². The molecular weight excluding hydrogens is 258 g/mol. The van der Waals surface area contributed by atoms with Crippen LogP contribution in [0.5, 0.6) is 0 Å². The molecule has 2 aromatic heterocycles. The van der Waals surface area contributed by atoms with Gasteiger partial charge in [0.05, 0.1) is 5.52 Å². The van der Waals surface area contributed by atoms with Gasteiger partial charge < -0.3 is 9.52 Å². The quantitative estimate of drug-likeness (QED) is 0.738. The highest BCUT2D eigenvalue weighted by molar-refractivity contribution is 5.96. The van der Waals surface area contributed by atoms with Crippen LogP contribution < -0.4 is 0 Å². The number of carboxylic acid groups (broad SMARTS) is 1. The molecule has 3 aromatic rings. The van der Waals surface area contributed by atoms with Gasteiger partial charge >= 0.3 is 5.97 Å². The number of furan rings is 1. The highest BCUT2D eigenvalue weighted by Gasteiger charge is 2.12. The van der Waals surface area contributed by atoms with Crippen LogP contribution in [-0.4, -0.2) is 22.3 Å². The monoisotopic (exact) mass is 267 g/mol. The molecule has 0 saturated heterocycles. The number of carbonyl (C=O) groups is 2. The lowest BCUT2D eigenvalue weighted by atomic mass is 10.1. The van der Waals surface area contributed by atoms with Gasteiger partial charge in [-0.05, 0) is 24.3 Å². The summed E-state index contributed by atoms with van der Waals surface area (Å²) in [6, 6.07) is 11.8. The second-order valence-electron chi connectivity index (χ2n) is 4.20. The summed E-state index contributed by atoms with van der Waals surface area (Å²) < 4.78 is 5.37. The SMILES string of the molecule is O=Cc1ccc(-c2cccc3ccc(C(=O)O)nc23)o1. The van der Waals surface area contributed by atoms with Gasteiger partial charge in [-0.2, -0.15) is 0 Å². The molecule has 1 N–H and O–H groups in total. The fourth-order valence-corrected chi connectivity index (χ4v) is 2.03. The van der Waals surface area contributed by atoms with Crippen molar-refractivity contribution in [2.24, 2.45) is 0 Å². The number of carboxylic acids is 1. The first-order valence-corrected chi connectivity index (χ1v) is 5.87. The molecule has 0 aliphatic heterocycles. The number of benzene rings is 1. The van der Waals surface area contributed by atoms with E-state index in [-0.39, 0.29) is 11.5 Å². The van der Waals surface area contributed by atoms with Crippen molar-refractivity contribution in [3.05, 3.63) is 53.9 Å². The third kappa shape index (κ3) is 1.95. The number of para-hydroxylation sites is 1. The molecule has 0 bridgehead atoms. The minimum Gasteiger partial charge on any atom is -0.477 e. The van der Waals surface area contributed by atoms with Crippen LogP contribution in [0, 0.1) is 0 Å². The van der Waals surface area contributed by atoms with Crippen molar-refractivity contribution >= 4 is 23.2 Å².